The molecule has 3 aromatic heterocycles. The maximum Gasteiger partial charge on any atom is 0.265 e. The van der Waals surface area contributed by atoms with Crippen molar-refractivity contribution in [3.05, 3.63) is 100 Å². The number of H-pyrrole nitrogens is 1. The number of halogens is 4. The molecular weight excluding hydrogens is 548 g/mol. The molecule has 1 amide bonds. The molecule has 0 radical (unpaired) electrons. The van der Waals surface area contributed by atoms with Gasteiger partial charge in [0, 0.05) is 53.0 Å². The Hall–Kier alpha value is -4.54. The second-order valence-corrected chi connectivity index (χ2v) is 10.8. The van der Waals surface area contributed by atoms with E-state index in [2.05, 4.69) is 32.0 Å². The van der Waals surface area contributed by atoms with Gasteiger partial charge in [-0.2, -0.15) is 0 Å². The summed E-state index contributed by atoms with van der Waals surface area (Å²) in [5, 5.41) is 2.95. The van der Waals surface area contributed by atoms with E-state index in [9.17, 15) is 22.4 Å². The van der Waals surface area contributed by atoms with Crippen LogP contribution in [0.5, 0.6) is 0 Å². The Morgan fingerprint density at radius 2 is 2.00 bits per heavy atom. The number of aromatic nitrogens is 4. The Bertz CT molecular complexity index is 1660. The Morgan fingerprint density at radius 1 is 1.21 bits per heavy atom. The first-order valence-corrected chi connectivity index (χ1v) is 13.7. The number of carbonyl (C=O) groups is 1. The number of aromatic amines is 1. The number of aliphatic imine (C=N–C) groups is 1. The predicted octanol–water partition coefficient (Wildman–Crippen LogP) is 6.47. The summed E-state index contributed by atoms with van der Waals surface area (Å²) in [6.07, 6.45) is 9.37. The van der Waals surface area contributed by atoms with E-state index in [-0.39, 0.29) is 24.4 Å². The van der Waals surface area contributed by atoms with Gasteiger partial charge in [0.05, 0.1) is 11.7 Å². The van der Waals surface area contributed by atoms with Crippen LogP contribution in [0.4, 0.5) is 23.4 Å². The van der Waals surface area contributed by atoms with Crippen LogP contribution in [-0.4, -0.2) is 32.1 Å². The van der Waals surface area contributed by atoms with Crippen molar-refractivity contribution < 1.29 is 22.4 Å². The lowest BCUT2D eigenvalue weighted by Gasteiger charge is -2.21. The zero-order valence-electron chi connectivity index (χ0n) is 22.5. The highest BCUT2D eigenvalue weighted by molar-refractivity contribution is 5.78. The molecular formula is C31H28F4N6O. The van der Waals surface area contributed by atoms with Gasteiger partial charge in [-0.25, -0.2) is 32.5 Å². The molecule has 4 aromatic rings. The SMILES string of the molecule is C=Nc1[nH]ccc1/C=C/c1cncnc1[C@H](Cc1cc(F)cc(F)c1)NC(=O)Cn1cc(C(F)F)c2c1C1CC1CC2. The van der Waals surface area contributed by atoms with Crippen LogP contribution in [0.1, 0.15) is 70.4 Å². The molecule has 2 unspecified atom stereocenters. The minimum atomic E-state index is -2.62. The van der Waals surface area contributed by atoms with E-state index in [0.717, 1.165) is 30.2 Å². The average molecular weight is 577 g/mol. The number of hydrogen-bond donors (Lipinski definition) is 2. The predicted molar refractivity (Wildman–Crippen MR) is 150 cm³/mol. The smallest absolute Gasteiger partial charge is 0.265 e. The number of nitrogens with zero attached hydrogens (tertiary/aromatic N) is 4. The zero-order valence-corrected chi connectivity index (χ0v) is 22.5. The van der Waals surface area contributed by atoms with Crippen LogP contribution < -0.4 is 5.32 Å². The third-order valence-electron chi connectivity index (χ3n) is 8.01. The molecule has 1 fully saturated rings. The van der Waals surface area contributed by atoms with Gasteiger partial charge in [0.25, 0.3) is 6.43 Å². The van der Waals surface area contributed by atoms with Crippen LogP contribution in [0.15, 0.2) is 54.2 Å². The van der Waals surface area contributed by atoms with Crippen molar-refractivity contribution in [2.45, 2.75) is 50.6 Å². The molecule has 3 heterocycles. The molecule has 0 spiro atoms. The van der Waals surface area contributed by atoms with Crippen LogP contribution in [-0.2, 0) is 24.2 Å². The van der Waals surface area contributed by atoms with E-state index in [4.69, 9.17) is 0 Å². The van der Waals surface area contributed by atoms with Gasteiger partial charge in [-0.05, 0) is 67.6 Å². The number of nitrogens with one attached hydrogen (secondary N) is 2. The van der Waals surface area contributed by atoms with E-state index >= 15 is 0 Å². The van der Waals surface area contributed by atoms with Crippen LogP contribution in [0.25, 0.3) is 12.2 Å². The molecule has 2 aliphatic rings. The Morgan fingerprint density at radius 3 is 2.76 bits per heavy atom. The molecule has 216 valence electrons. The minimum absolute atomic E-state index is 0.0173. The minimum Gasteiger partial charge on any atom is -0.346 e. The number of carbonyl (C=O) groups excluding carboxylic acids is 1. The van der Waals surface area contributed by atoms with Gasteiger partial charge in [-0.1, -0.05) is 12.2 Å². The summed E-state index contributed by atoms with van der Waals surface area (Å²) in [5.74, 6) is -0.680. The molecule has 0 aliphatic heterocycles. The van der Waals surface area contributed by atoms with E-state index in [1.807, 2.05) is 6.07 Å². The van der Waals surface area contributed by atoms with Gasteiger partial charge < -0.3 is 14.9 Å². The van der Waals surface area contributed by atoms with Gasteiger partial charge in [0.15, 0.2) is 0 Å². The number of amides is 1. The first-order valence-electron chi connectivity index (χ1n) is 13.7. The zero-order chi connectivity index (χ0) is 29.4. The largest absolute Gasteiger partial charge is 0.346 e. The number of rotatable bonds is 10. The van der Waals surface area contributed by atoms with E-state index < -0.39 is 30.0 Å². The third kappa shape index (κ3) is 5.63. The van der Waals surface area contributed by atoms with Crippen molar-refractivity contribution in [1.29, 1.82) is 0 Å². The Kier molecular flexibility index (Phi) is 7.49. The normalized spacial score (nSPS) is 18.1. The van der Waals surface area contributed by atoms with E-state index in [0.29, 0.717) is 40.5 Å². The summed E-state index contributed by atoms with van der Waals surface area (Å²) in [7, 11) is 0. The van der Waals surface area contributed by atoms with Crippen molar-refractivity contribution in [2.75, 3.05) is 0 Å². The van der Waals surface area contributed by atoms with Crippen molar-refractivity contribution >= 4 is 30.6 Å². The number of fused-ring (bicyclic) bond motifs is 3. The molecule has 42 heavy (non-hydrogen) atoms. The molecule has 6 rings (SSSR count). The molecule has 11 heteroatoms. The lowest BCUT2D eigenvalue weighted by atomic mass is 9.95. The fraction of sp³-hybridized carbons (Fsp3) is 0.290. The molecule has 2 N–H and O–H groups in total. The van der Waals surface area contributed by atoms with E-state index in [1.165, 1.54) is 24.7 Å². The van der Waals surface area contributed by atoms with Crippen LogP contribution >= 0.6 is 0 Å². The highest BCUT2D eigenvalue weighted by Gasteiger charge is 2.46. The topological polar surface area (TPSA) is 88.0 Å². The molecule has 0 bridgehead atoms. The standard InChI is InChI=1S/C31H28F4N6O/c1-36-31-18(6-7-38-31)2-3-20-13-37-16-39-28(20)26(10-17-8-21(32)12-22(33)9-17)40-27(42)15-41-14-25(30(34)35)23-5-4-19-11-24(19)29(23)41/h2-3,6-9,12-14,16,19,24,26,30,38H,1,4-5,10-11,15H2,(H,40,42)/b3-2+/t19?,24?,26-/m0/s1. The first kappa shape index (κ1) is 27.6. The second-order valence-electron chi connectivity index (χ2n) is 10.8. The number of benzene rings is 1. The number of hydrogen-bond acceptors (Lipinski definition) is 4. The molecule has 1 aromatic carbocycles. The first-order chi connectivity index (χ1) is 20.3. The van der Waals surface area contributed by atoms with Gasteiger partial charge in [-0.3, -0.25) is 4.79 Å². The number of alkyl halides is 2. The van der Waals surface area contributed by atoms with Crippen molar-refractivity contribution in [3.8, 4) is 0 Å². The Balaban J connectivity index is 1.31. The van der Waals surface area contributed by atoms with Gasteiger partial charge >= 0.3 is 0 Å². The highest BCUT2D eigenvalue weighted by atomic mass is 19.3. The lowest BCUT2D eigenvalue weighted by molar-refractivity contribution is -0.122. The van der Waals surface area contributed by atoms with Gasteiger partial charge in [-0.15, -0.1) is 0 Å². The summed E-state index contributed by atoms with van der Waals surface area (Å²) >= 11 is 0. The van der Waals surface area contributed by atoms with Crippen LogP contribution in [0.3, 0.4) is 0 Å². The maximum absolute atomic E-state index is 14.1. The average Bonchev–Trinajstić information content (AvgIpc) is 3.44. The molecule has 7 nitrogen and oxygen atoms in total. The maximum atomic E-state index is 14.1. The molecule has 2 aliphatic carbocycles. The van der Waals surface area contributed by atoms with Crippen LogP contribution in [0.2, 0.25) is 0 Å². The highest BCUT2D eigenvalue weighted by Crippen LogP contribution is 2.56. The van der Waals surface area contributed by atoms with Crippen molar-refractivity contribution in [3.63, 3.8) is 0 Å². The molecule has 0 saturated heterocycles. The Labute approximate surface area is 239 Å². The summed E-state index contributed by atoms with van der Waals surface area (Å²) < 4.78 is 57.5. The lowest BCUT2D eigenvalue weighted by Crippen LogP contribution is -2.34. The van der Waals surface area contributed by atoms with Crippen LogP contribution in [0, 0.1) is 17.6 Å². The van der Waals surface area contributed by atoms with Gasteiger partial charge in [0.2, 0.25) is 5.91 Å². The summed E-state index contributed by atoms with van der Waals surface area (Å²) in [4.78, 5) is 28.9. The van der Waals surface area contributed by atoms with Gasteiger partial charge in [0.1, 0.15) is 30.3 Å². The fourth-order valence-corrected chi connectivity index (χ4v) is 6.06. The molecule has 1 saturated carbocycles. The molecule has 3 atom stereocenters. The summed E-state index contributed by atoms with van der Waals surface area (Å²) in [6, 6.07) is 4.18. The van der Waals surface area contributed by atoms with Crippen molar-refractivity contribution in [1.82, 2.24) is 24.8 Å². The van der Waals surface area contributed by atoms with Crippen molar-refractivity contribution in [2.24, 2.45) is 10.9 Å². The second kappa shape index (κ2) is 11.4. The fourth-order valence-electron chi connectivity index (χ4n) is 6.06. The summed E-state index contributed by atoms with van der Waals surface area (Å²) in [5.41, 5.74) is 3.53. The quantitative estimate of drug-likeness (QED) is 0.168. The van der Waals surface area contributed by atoms with E-state index in [1.54, 1.807) is 29.1 Å². The summed E-state index contributed by atoms with van der Waals surface area (Å²) in [6.45, 7) is 3.38. The third-order valence-corrected chi connectivity index (χ3v) is 8.01. The monoisotopic (exact) mass is 576 g/mol.